The Morgan fingerprint density at radius 3 is 2.69 bits per heavy atom. The molecule has 1 saturated carbocycles. The van der Waals surface area contributed by atoms with Gasteiger partial charge in [0.1, 0.15) is 6.04 Å². The Labute approximate surface area is 96.2 Å². The first-order chi connectivity index (χ1) is 7.66. The van der Waals surface area contributed by atoms with Crippen molar-refractivity contribution in [3.63, 3.8) is 0 Å². The standard InChI is InChI=1S/C12H20N2O2/c1-8-4-2-3-5-9(8)14-12(16)10-6-7-11(15)13-10/h8-10H,2-7H2,1H3,(H,13,15)(H,14,16)/t8-,9+,10+/m1/s1. The molecular formula is C12H20N2O2. The second-order valence-electron chi connectivity index (χ2n) is 5.04. The van der Waals surface area contributed by atoms with Gasteiger partial charge in [0.05, 0.1) is 0 Å². The van der Waals surface area contributed by atoms with Crippen LogP contribution in [0.1, 0.15) is 45.4 Å². The number of rotatable bonds is 2. The van der Waals surface area contributed by atoms with Crippen molar-refractivity contribution in [3.05, 3.63) is 0 Å². The number of carbonyl (C=O) groups is 2. The molecule has 0 aromatic carbocycles. The van der Waals surface area contributed by atoms with Crippen LogP contribution >= 0.6 is 0 Å². The minimum absolute atomic E-state index is 0.00292. The Hall–Kier alpha value is -1.06. The molecule has 3 atom stereocenters. The highest BCUT2D eigenvalue weighted by Crippen LogP contribution is 2.24. The molecule has 0 bridgehead atoms. The topological polar surface area (TPSA) is 58.2 Å². The Bertz CT molecular complexity index is 291. The van der Waals surface area contributed by atoms with Gasteiger partial charge in [-0.3, -0.25) is 9.59 Å². The molecule has 2 N–H and O–H groups in total. The van der Waals surface area contributed by atoms with Crippen molar-refractivity contribution in [3.8, 4) is 0 Å². The molecule has 2 fully saturated rings. The van der Waals surface area contributed by atoms with Crippen LogP contribution in [0.25, 0.3) is 0 Å². The molecule has 1 heterocycles. The molecule has 4 heteroatoms. The Morgan fingerprint density at radius 1 is 1.31 bits per heavy atom. The van der Waals surface area contributed by atoms with Crippen molar-refractivity contribution in [2.75, 3.05) is 0 Å². The molecule has 0 radical (unpaired) electrons. The van der Waals surface area contributed by atoms with Crippen LogP contribution < -0.4 is 10.6 Å². The van der Waals surface area contributed by atoms with E-state index in [1.54, 1.807) is 0 Å². The maximum atomic E-state index is 11.9. The Balaban J connectivity index is 1.84. The van der Waals surface area contributed by atoms with Gasteiger partial charge >= 0.3 is 0 Å². The lowest BCUT2D eigenvalue weighted by Crippen LogP contribution is -2.48. The normalized spacial score (nSPS) is 34.6. The number of nitrogens with one attached hydrogen (secondary N) is 2. The number of hydrogen-bond donors (Lipinski definition) is 2. The van der Waals surface area contributed by atoms with Gasteiger partial charge in [-0.2, -0.15) is 0 Å². The molecule has 2 rings (SSSR count). The van der Waals surface area contributed by atoms with Crippen LogP contribution in [-0.4, -0.2) is 23.9 Å². The van der Waals surface area contributed by atoms with E-state index in [0.29, 0.717) is 24.8 Å². The fourth-order valence-corrected chi connectivity index (χ4v) is 2.62. The third kappa shape index (κ3) is 2.54. The summed E-state index contributed by atoms with van der Waals surface area (Å²) >= 11 is 0. The molecule has 1 aliphatic heterocycles. The summed E-state index contributed by atoms with van der Waals surface area (Å²) in [6.07, 6.45) is 5.87. The smallest absolute Gasteiger partial charge is 0.242 e. The van der Waals surface area contributed by atoms with E-state index in [4.69, 9.17) is 0 Å². The summed E-state index contributed by atoms with van der Waals surface area (Å²) in [6, 6.07) is 0.0142. The quantitative estimate of drug-likeness (QED) is 0.734. The molecule has 2 aliphatic rings. The van der Waals surface area contributed by atoms with E-state index in [2.05, 4.69) is 17.6 Å². The van der Waals surface area contributed by atoms with E-state index in [9.17, 15) is 9.59 Å². The number of carbonyl (C=O) groups excluding carboxylic acids is 2. The summed E-state index contributed by atoms with van der Waals surface area (Å²) in [4.78, 5) is 22.9. The maximum absolute atomic E-state index is 11.9. The Kier molecular flexibility index (Phi) is 3.46. The molecule has 2 amide bonds. The second kappa shape index (κ2) is 4.85. The van der Waals surface area contributed by atoms with Crippen LogP contribution in [0.3, 0.4) is 0 Å². The molecule has 0 aromatic rings. The van der Waals surface area contributed by atoms with Crippen molar-refractivity contribution in [1.29, 1.82) is 0 Å². The van der Waals surface area contributed by atoms with Gasteiger partial charge in [-0.25, -0.2) is 0 Å². The number of amides is 2. The Morgan fingerprint density at radius 2 is 2.06 bits per heavy atom. The molecule has 4 nitrogen and oxygen atoms in total. The number of hydrogen-bond acceptors (Lipinski definition) is 2. The van der Waals surface area contributed by atoms with E-state index in [0.717, 1.165) is 6.42 Å². The lowest BCUT2D eigenvalue weighted by molar-refractivity contribution is -0.126. The highest BCUT2D eigenvalue weighted by atomic mass is 16.2. The van der Waals surface area contributed by atoms with Crippen LogP contribution in [-0.2, 0) is 9.59 Å². The maximum Gasteiger partial charge on any atom is 0.242 e. The minimum Gasteiger partial charge on any atom is -0.351 e. The molecular weight excluding hydrogens is 204 g/mol. The molecule has 90 valence electrons. The molecule has 1 saturated heterocycles. The van der Waals surface area contributed by atoms with Crippen LogP contribution in [0.2, 0.25) is 0 Å². The van der Waals surface area contributed by atoms with E-state index in [1.807, 2.05) is 0 Å². The van der Waals surface area contributed by atoms with Crippen LogP contribution in [0.15, 0.2) is 0 Å². The van der Waals surface area contributed by atoms with Crippen LogP contribution in [0, 0.1) is 5.92 Å². The summed E-state index contributed by atoms with van der Waals surface area (Å²) in [7, 11) is 0. The van der Waals surface area contributed by atoms with Gasteiger partial charge in [-0.15, -0.1) is 0 Å². The summed E-state index contributed by atoms with van der Waals surface area (Å²) < 4.78 is 0. The third-order valence-corrected chi connectivity index (χ3v) is 3.75. The highest BCUT2D eigenvalue weighted by Gasteiger charge is 2.30. The van der Waals surface area contributed by atoms with E-state index < -0.39 is 0 Å². The van der Waals surface area contributed by atoms with Gasteiger partial charge < -0.3 is 10.6 Å². The average molecular weight is 224 g/mol. The lowest BCUT2D eigenvalue weighted by atomic mass is 9.86. The molecule has 0 spiro atoms. The van der Waals surface area contributed by atoms with Crippen molar-refractivity contribution in [1.82, 2.24) is 10.6 Å². The van der Waals surface area contributed by atoms with E-state index in [-0.39, 0.29) is 17.9 Å². The van der Waals surface area contributed by atoms with Gasteiger partial charge in [0.25, 0.3) is 0 Å². The zero-order valence-corrected chi connectivity index (χ0v) is 9.79. The van der Waals surface area contributed by atoms with Gasteiger partial charge in [-0.1, -0.05) is 19.8 Å². The van der Waals surface area contributed by atoms with Crippen LogP contribution in [0.5, 0.6) is 0 Å². The van der Waals surface area contributed by atoms with E-state index >= 15 is 0 Å². The summed E-state index contributed by atoms with van der Waals surface area (Å²) in [5, 5.41) is 5.78. The molecule has 0 unspecified atom stereocenters. The van der Waals surface area contributed by atoms with Crippen molar-refractivity contribution < 1.29 is 9.59 Å². The predicted molar refractivity (Wildman–Crippen MR) is 60.7 cm³/mol. The molecule has 0 aromatic heterocycles. The SMILES string of the molecule is C[C@@H]1CCCC[C@@H]1NC(=O)[C@@H]1CCC(=O)N1. The highest BCUT2D eigenvalue weighted by molar-refractivity contribution is 5.90. The minimum atomic E-state index is -0.290. The largest absolute Gasteiger partial charge is 0.351 e. The predicted octanol–water partition coefficient (Wildman–Crippen LogP) is 0.960. The first-order valence-electron chi connectivity index (χ1n) is 6.26. The zero-order valence-electron chi connectivity index (χ0n) is 9.79. The third-order valence-electron chi connectivity index (χ3n) is 3.75. The van der Waals surface area contributed by atoms with Gasteiger partial charge in [0, 0.05) is 12.5 Å². The summed E-state index contributed by atoms with van der Waals surface area (Å²) in [6.45, 7) is 2.19. The summed E-state index contributed by atoms with van der Waals surface area (Å²) in [5.74, 6) is 0.566. The van der Waals surface area contributed by atoms with Crippen molar-refractivity contribution in [2.45, 2.75) is 57.5 Å². The van der Waals surface area contributed by atoms with Crippen LogP contribution in [0.4, 0.5) is 0 Å². The fourth-order valence-electron chi connectivity index (χ4n) is 2.62. The fraction of sp³-hybridized carbons (Fsp3) is 0.833. The van der Waals surface area contributed by atoms with Gasteiger partial charge in [0.15, 0.2) is 0 Å². The van der Waals surface area contributed by atoms with Crippen molar-refractivity contribution in [2.24, 2.45) is 5.92 Å². The zero-order chi connectivity index (χ0) is 11.5. The first-order valence-corrected chi connectivity index (χ1v) is 6.26. The molecule has 16 heavy (non-hydrogen) atoms. The first kappa shape index (κ1) is 11.4. The van der Waals surface area contributed by atoms with E-state index in [1.165, 1.54) is 19.3 Å². The molecule has 1 aliphatic carbocycles. The monoisotopic (exact) mass is 224 g/mol. The average Bonchev–Trinajstić information content (AvgIpc) is 2.68. The second-order valence-corrected chi connectivity index (χ2v) is 5.04. The summed E-state index contributed by atoms with van der Waals surface area (Å²) in [5.41, 5.74) is 0. The van der Waals surface area contributed by atoms with Gasteiger partial charge in [-0.05, 0) is 25.2 Å². The van der Waals surface area contributed by atoms with Crippen molar-refractivity contribution >= 4 is 11.8 Å². The van der Waals surface area contributed by atoms with Gasteiger partial charge in [0.2, 0.25) is 11.8 Å². The lowest BCUT2D eigenvalue weighted by Gasteiger charge is -2.30.